The Bertz CT molecular complexity index is 835. The molecule has 0 saturated carbocycles. The molecule has 0 aromatic heterocycles. The smallest absolute Gasteiger partial charge is 0.194 e. The number of nitrogens with zero attached hydrogens (tertiary/aromatic N) is 3. The van der Waals surface area contributed by atoms with E-state index in [0.717, 1.165) is 55.7 Å². The van der Waals surface area contributed by atoms with Gasteiger partial charge in [-0.25, -0.2) is 0 Å². The molecule has 162 valence electrons. The lowest BCUT2D eigenvalue weighted by Crippen LogP contribution is -2.52. The van der Waals surface area contributed by atoms with Crippen molar-refractivity contribution in [2.24, 2.45) is 4.99 Å². The summed E-state index contributed by atoms with van der Waals surface area (Å²) in [7, 11) is 0. The molecule has 3 rings (SSSR count). The number of phenolic OH excluding ortho intramolecular Hbond substituents is 1. The molecule has 1 unspecified atom stereocenters. The molecule has 0 aliphatic carbocycles. The third-order valence-corrected chi connectivity index (χ3v) is 5.02. The minimum atomic E-state index is -0.679. The molecule has 2 aromatic carbocycles. The van der Waals surface area contributed by atoms with Crippen molar-refractivity contribution in [1.29, 1.82) is 0 Å². The van der Waals surface area contributed by atoms with E-state index in [1.165, 1.54) is 0 Å². The van der Waals surface area contributed by atoms with Gasteiger partial charge in [0.15, 0.2) is 5.96 Å². The quantitative estimate of drug-likeness (QED) is 0.478. The van der Waals surface area contributed by atoms with Crippen LogP contribution >= 0.6 is 0 Å². The normalized spacial score (nSPS) is 15.8. The highest BCUT2D eigenvalue weighted by molar-refractivity contribution is 5.80. The lowest BCUT2D eigenvalue weighted by molar-refractivity contribution is 0.114. The van der Waals surface area contributed by atoms with Gasteiger partial charge in [0, 0.05) is 32.7 Å². The number of ether oxygens (including phenoxy) is 1. The molecule has 0 radical (unpaired) electrons. The molecule has 2 aromatic rings. The predicted octanol–water partition coefficient (Wildman–Crippen LogP) is 2.23. The largest absolute Gasteiger partial charge is 0.506 e. The molecule has 1 aliphatic heterocycles. The van der Waals surface area contributed by atoms with Crippen molar-refractivity contribution in [1.82, 2.24) is 10.2 Å². The molecule has 1 fully saturated rings. The van der Waals surface area contributed by atoms with E-state index in [1.54, 1.807) is 6.07 Å². The number of aliphatic imine (C=N–C) groups is 1. The number of hydrogen-bond acceptors (Lipinski definition) is 5. The summed E-state index contributed by atoms with van der Waals surface area (Å²) in [6.07, 6.45) is -0.679. The van der Waals surface area contributed by atoms with E-state index in [4.69, 9.17) is 4.74 Å². The Labute approximate surface area is 178 Å². The Morgan fingerprint density at radius 3 is 2.60 bits per heavy atom. The summed E-state index contributed by atoms with van der Waals surface area (Å²) in [5.41, 5.74) is 1.99. The van der Waals surface area contributed by atoms with Gasteiger partial charge in [0.1, 0.15) is 24.2 Å². The van der Waals surface area contributed by atoms with Crippen LogP contribution in [0.2, 0.25) is 0 Å². The number of piperazine rings is 1. The number of rotatable bonds is 7. The summed E-state index contributed by atoms with van der Waals surface area (Å²) in [4.78, 5) is 8.98. The Morgan fingerprint density at radius 1 is 1.13 bits per heavy atom. The summed E-state index contributed by atoms with van der Waals surface area (Å²) in [6.45, 7) is 8.43. The van der Waals surface area contributed by atoms with E-state index in [9.17, 15) is 10.2 Å². The molecule has 0 bridgehead atoms. The van der Waals surface area contributed by atoms with Crippen LogP contribution in [0.15, 0.2) is 53.5 Å². The Hall–Kier alpha value is -2.93. The van der Waals surface area contributed by atoms with Crippen molar-refractivity contribution < 1.29 is 14.9 Å². The van der Waals surface area contributed by atoms with Crippen LogP contribution in [0, 0.1) is 6.92 Å². The minimum absolute atomic E-state index is 0.202. The van der Waals surface area contributed by atoms with Gasteiger partial charge in [-0.1, -0.05) is 24.3 Å². The molecule has 1 saturated heterocycles. The molecular formula is C23H32N4O3. The summed E-state index contributed by atoms with van der Waals surface area (Å²) in [5.74, 6) is 1.86. The van der Waals surface area contributed by atoms with Gasteiger partial charge in [-0.3, -0.25) is 4.99 Å². The number of guanidine groups is 1. The van der Waals surface area contributed by atoms with Crippen LogP contribution in [-0.4, -0.2) is 73.1 Å². The van der Waals surface area contributed by atoms with Crippen molar-refractivity contribution in [3.63, 3.8) is 0 Å². The predicted molar refractivity (Wildman–Crippen MR) is 121 cm³/mol. The van der Waals surface area contributed by atoms with Gasteiger partial charge < -0.3 is 30.1 Å². The van der Waals surface area contributed by atoms with Crippen molar-refractivity contribution in [2.45, 2.75) is 20.0 Å². The molecule has 1 aliphatic rings. The third kappa shape index (κ3) is 6.03. The van der Waals surface area contributed by atoms with Gasteiger partial charge in [-0.05, 0) is 43.7 Å². The van der Waals surface area contributed by atoms with Gasteiger partial charge in [0.25, 0.3) is 0 Å². The second kappa shape index (κ2) is 10.7. The minimum Gasteiger partial charge on any atom is -0.506 e. The topological polar surface area (TPSA) is 80.6 Å². The van der Waals surface area contributed by atoms with Gasteiger partial charge in [-0.2, -0.15) is 0 Å². The zero-order valence-corrected chi connectivity index (χ0v) is 17.8. The highest BCUT2D eigenvalue weighted by atomic mass is 16.5. The van der Waals surface area contributed by atoms with Crippen molar-refractivity contribution in [2.75, 3.05) is 50.8 Å². The van der Waals surface area contributed by atoms with Crippen LogP contribution in [0.5, 0.6) is 11.5 Å². The first kappa shape index (κ1) is 21.8. The molecular weight excluding hydrogens is 380 g/mol. The van der Waals surface area contributed by atoms with E-state index in [2.05, 4.69) is 20.1 Å². The Kier molecular flexibility index (Phi) is 7.79. The molecule has 0 amide bonds. The summed E-state index contributed by atoms with van der Waals surface area (Å²) >= 11 is 0. The zero-order valence-electron chi connectivity index (χ0n) is 17.8. The number of aliphatic hydroxyl groups excluding tert-OH is 1. The van der Waals surface area contributed by atoms with Crippen LogP contribution in [0.25, 0.3) is 0 Å². The van der Waals surface area contributed by atoms with Crippen LogP contribution in [0.4, 0.5) is 5.69 Å². The van der Waals surface area contributed by atoms with E-state index in [0.29, 0.717) is 5.75 Å². The number of phenols is 1. The number of hydrogen-bond donors (Lipinski definition) is 3. The summed E-state index contributed by atoms with van der Waals surface area (Å²) in [5, 5.41) is 23.7. The number of nitrogens with one attached hydrogen (secondary N) is 1. The SMILES string of the molecule is CCNC(=NCC(O)COc1cccc(C)c1)N1CCN(c2ccccc2O)CC1. The van der Waals surface area contributed by atoms with Crippen molar-refractivity contribution in [3.05, 3.63) is 54.1 Å². The first-order valence-corrected chi connectivity index (χ1v) is 10.5. The molecule has 1 atom stereocenters. The van der Waals surface area contributed by atoms with E-state index >= 15 is 0 Å². The van der Waals surface area contributed by atoms with Crippen LogP contribution < -0.4 is 15.0 Å². The monoisotopic (exact) mass is 412 g/mol. The highest BCUT2D eigenvalue weighted by Gasteiger charge is 2.21. The Morgan fingerprint density at radius 2 is 1.90 bits per heavy atom. The standard InChI is InChI=1S/C23H32N4O3/c1-3-24-23(25-16-19(28)17-30-20-8-6-7-18(2)15-20)27-13-11-26(12-14-27)21-9-4-5-10-22(21)29/h4-10,15,19,28-29H,3,11-14,16-17H2,1-2H3,(H,24,25). The Balaban J connectivity index is 1.52. The van der Waals surface area contributed by atoms with Crippen molar-refractivity contribution in [3.8, 4) is 11.5 Å². The molecule has 1 heterocycles. The molecule has 0 spiro atoms. The fourth-order valence-corrected chi connectivity index (χ4v) is 3.46. The number of aryl methyl sites for hydroxylation is 1. The molecule has 7 nitrogen and oxygen atoms in total. The summed E-state index contributed by atoms with van der Waals surface area (Å²) < 4.78 is 5.68. The van der Waals surface area contributed by atoms with Gasteiger partial charge >= 0.3 is 0 Å². The number of aliphatic hydroxyl groups is 1. The summed E-state index contributed by atoms with van der Waals surface area (Å²) in [6, 6.07) is 15.2. The lowest BCUT2D eigenvalue weighted by Gasteiger charge is -2.38. The van der Waals surface area contributed by atoms with E-state index in [-0.39, 0.29) is 13.2 Å². The maximum atomic E-state index is 10.3. The van der Waals surface area contributed by atoms with Crippen molar-refractivity contribution >= 4 is 11.6 Å². The maximum absolute atomic E-state index is 10.3. The molecule has 7 heteroatoms. The molecule has 30 heavy (non-hydrogen) atoms. The lowest BCUT2D eigenvalue weighted by atomic mass is 10.2. The van der Waals surface area contributed by atoms with Crippen LogP contribution in [-0.2, 0) is 0 Å². The average Bonchev–Trinajstić information content (AvgIpc) is 2.76. The average molecular weight is 413 g/mol. The number of benzene rings is 2. The maximum Gasteiger partial charge on any atom is 0.194 e. The second-order valence-electron chi connectivity index (χ2n) is 7.44. The second-order valence-corrected chi connectivity index (χ2v) is 7.44. The van der Waals surface area contributed by atoms with E-state index < -0.39 is 6.10 Å². The van der Waals surface area contributed by atoms with E-state index in [1.807, 2.05) is 56.3 Å². The number of anilines is 1. The first-order chi connectivity index (χ1) is 14.6. The van der Waals surface area contributed by atoms with Crippen LogP contribution in [0.1, 0.15) is 12.5 Å². The van der Waals surface area contributed by atoms with Gasteiger partial charge in [0.2, 0.25) is 0 Å². The zero-order chi connectivity index (χ0) is 21.3. The fourth-order valence-electron chi connectivity index (χ4n) is 3.46. The van der Waals surface area contributed by atoms with Gasteiger partial charge in [0.05, 0.1) is 12.2 Å². The first-order valence-electron chi connectivity index (χ1n) is 10.5. The number of aromatic hydroxyl groups is 1. The fraction of sp³-hybridized carbons (Fsp3) is 0.435. The molecule has 3 N–H and O–H groups in total. The third-order valence-electron chi connectivity index (χ3n) is 5.02. The van der Waals surface area contributed by atoms with Gasteiger partial charge in [-0.15, -0.1) is 0 Å². The number of para-hydroxylation sites is 2. The highest BCUT2D eigenvalue weighted by Crippen LogP contribution is 2.27. The van der Waals surface area contributed by atoms with Crippen LogP contribution in [0.3, 0.4) is 0 Å².